The molecular formula is C13H24N4O2. The molecule has 0 saturated carbocycles. The van der Waals surface area contributed by atoms with E-state index in [9.17, 15) is 10.1 Å². The Morgan fingerprint density at radius 2 is 2.11 bits per heavy atom. The molecule has 108 valence electrons. The number of nitrogens with one attached hydrogen (secondary N) is 1. The van der Waals surface area contributed by atoms with Gasteiger partial charge < -0.3 is 5.32 Å². The van der Waals surface area contributed by atoms with E-state index in [1.807, 2.05) is 6.92 Å². The van der Waals surface area contributed by atoms with Gasteiger partial charge in [0.1, 0.15) is 11.4 Å². The van der Waals surface area contributed by atoms with Crippen molar-refractivity contribution in [1.82, 2.24) is 15.1 Å². The summed E-state index contributed by atoms with van der Waals surface area (Å²) in [5, 5.41) is 18.9. The summed E-state index contributed by atoms with van der Waals surface area (Å²) in [4.78, 5) is 10.9. The Bertz CT molecular complexity index is 429. The third-order valence-electron chi connectivity index (χ3n) is 3.06. The van der Waals surface area contributed by atoms with Crippen molar-refractivity contribution in [2.24, 2.45) is 0 Å². The largest absolute Gasteiger partial charge is 0.314 e. The van der Waals surface area contributed by atoms with Crippen LogP contribution in [0, 0.1) is 17.0 Å². The minimum Gasteiger partial charge on any atom is -0.314 e. The number of hydrogen-bond donors (Lipinski definition) is 1. The fourth-order valence-electron chi connectivity index (χ4n) is 2.21. The predicted molar refractivity (Wildman–Crippen MR) is 75.4 cm³/mol. The Balaban J connectivity index is 2.97. The minimum absolute atomic E-state index is 0.179. The number of aromatic nitrogens is 2. The van der Waals surface area contributed by atoms with Crippen molar-refractivity contribution < 1.29 is 4.92 Å². The van der Waals surface area contributed by atoms with Gasteiger partial charge in [0.2, 0.25) is 0 Å². The molecular weight excluding hydrogens is 244 g/mol. The van der Waals surface area contributed by atoms with Crippen LogP contribution in [0.15, 0.2) is 0 Å². The third-order valence-corrected chi connectivity index (χ3v) is 3.06. The molecule has 0 aliphatic heterocycles. The molecule has 0 bridgehead atoms. The molecule has 0 aromatic carbocycles. The second-order valence-corrected chi connectivity index (χ2v) is 4.92. The van der Waals surface area contributed by atoms with E-state index < -0.39 is 0 Å². The van der Waals surface area contributed by atoms with Crippen molar-refractivity contribution in [2.75, 3.05) is 6.54 Å². The highest BCUT2D eigenvalue weighted by Gasteiger charge is 2.25. The molecule has 0 radical (unpaired) electrons. The van der Waals surface area contributed by atoms with Crippen LogP contribution in [0.2, 0.25) is 0 Å². The summed E-state index contributed by atoms with van der Waals surface area (Å²) >= 11 is 0. The van der Waals surface area contributed by atoms with Crippen molar-refractivity contribution in [1.29, 1.82) is 0 Å². The SMILES string of the molecule is CCCNC(C)Cc1c([N+](=O)[O-])c(C)nn1CCC. The predicted octanol–water partition coefficient (Wildman–Crippen LogP) is 2.44. The molecule has 1 rings (SSSR count). The van der Waals surface area contributed by atoms with Crippen molar-refractivity contribution in [3.63, 3.8) is 0 Å². The van der Waals surface area contributed by atoms with Crippen LogP contribution < -0.4 is 5.32 Å². The van der Waals surface area contributed by atoms with Gasteiger partial charge in [-0.2, -0.15) is 5.10 Å². The molecule has 1 aromatic heterocycles. The first-order valence-corrected chi connectivity index (χ1v) is 6.95. The number of aryl methyl sites for hydroxylation is 2. The van der Waals surface area contributed by atoms with Crippen LogP contribution in [-0.4, -0.2) is 27.3 Å². The van der Waals surface area contributed by atoms with E-state index in [2.05, 4.69) is 24.3 Å². The fraction of sp³-hybridized carbons (Fsp3) is 0.769. The number of nitro groups is 1. The Kier molecular flexibility index (Phi) is 5.95. The van der Waals surface area contributed by atoms with Crippen LogP contribution in [0.3, 0.4) is 0 Å². The third kappa shape index (κ3) is 4.02. The highest BCUT2D eigenvalue weighted by Crippen LogP contribution is 2.24. The lowest BCUT2D eigenvalue weighted by Gasteiger charge is -2.13. The van der Waals surface area contributed by atoms with Gasteiger partial charge in [-0.3, -0.25) is 14.8 Å². The zero-order valence-electron chi connectivity index (χ0n) is 12.3. The summed E-state index contributed by atoms with van der Waals surface area (Å²) < 4.78 is 1.79. The summed E-state index contributed by atoms with van der Waals surface area (Å²) in [6.07, 6.45) is 2.61. The molecule has 19 heavy (non-hydrogen) atoms. The molecule has 0 fully saturated rings. The molecule has 0 aliphatic rings. The van der Waals surface area contributed by atoms with Crippen LogP contribution in [0.25, 0.3) is 0 Å². The van der Waals surface area contributed by atoms with Crippen molar-refractivity contribution >= 4 is 5.69 Å². The number of rotatable bonds is 8. The van der Waals surface area contributed by atoms with Gasteiger partial charge in [0.25, 0.3) is 0 Å². The normalized spacial score (nSPS) is 12.6. The Hall–Kier alpha value is -1.43. The van der Waals surface area contributed by atoms with Crippen LogP contribution >= 0.6 is 0 Å². The van der Waals surface area contributed by atoms with E-state index in [1.54, 1.807) is 11.6 Å². The van der Waals surface area contributed by atoms with E-state index >= 15 is 0 Å². The van der Waals surface area contributed by atoms with Gasteiger partial charge >= 0.3 is 5.69 Å². The maximum Gasteiger partial charge on any atom is 0.313 e. The van der Waals surface area contributed by atoms with E-state index in [0.717, 1.165) is 31.6 Å². The first-order valence-electron chi connectivity index (χ1n) is 6.95. The van der Waals surface area contributed by atoms with Crippen LogP contribution in [-0.2, 0) is 13.0 Å². The minimum atomic E-state index is -0.309. The second kappa shape index (κ2) is 7.23. The second-order valence-electron chi connectivity index (χ2n) is 4.92. The average Bonchev–Trinajstić information content (AvgIpc) is 2.63. The molecule has 0 saturated heterocycles. The molecule has 1 N–H and O–H groups in total. The topological polar surface area (TPSA) is 73.0 Å². The summed E-state index contributed by atoms with van der Waals surface area (Å²) in [6.45, 7) is 9.56. The maximum atomic E-state index is 11.2. The Morgan fingerprint density at radius 1 is 1.42 bits per heavy atom. The Labute approximate surface area is 114 Å². The summed E-state index contributed by atoms with van der Waals surface area (Å²) in [5.74, 6) is 0. The maximum absolute atomic E-state index is 11.2. The first kappa shape index (κ1) is 15.6. The fourth-order valence-corrected chi connectivity index (χ4v) is 2.21. The quantitative estimate of drug-likeness (QED) is 0.580. The zero-order chi connectivity index (χ0) is 14.4. The summed E-state index contributed by atoms with van der Waals surface area (Å²) in [5.41, 5.74) is 1.43. The Morgan fingerprint density at radius 3 is 2.63 bits per heavy atom. The van der Waals surface area contributed by atoms with Crippen molar-refractivity contribution in [3.05, 3.63) is 21.5 Å². The first-order chi connectivity index (χ1) is 9.01. The number of hydrogen-bond acceptors (Lipinski definition) is 4. The van der Waals surface area contributed by atoms with Gasteiger partial charge in [0, 0.05) is 19.0 Å². The number of nitrogens with zero attached hydrogens (tertiary/aromatic N) is 3. The van der Waals surface area contributed by atoms with Gasteiger partial charge in [-0.1, -0.05) is 13.8 Å². The molecule has 1 heterocycles. The molecule has 0 aliphatic carbocycles. The van der Waals surface area contributed by atoms with E-state index in [-0.39, 0.29) is 16.7 Å². The molecule has 1 atom stereocenters. The van der Waals surface area contributed by atoms with E-state index in [1.165, 1.54) is 0 Å². The van der Waals surface area contributed by atoms with Gasteiger partial charge in [-0.05, 0) is 33.2 Å². The molecule has 1 unspecified atom stereocenters. The monoisotopic (exact) mass is 268 g/mol. The van der Waals surface area contributed by atoms with Crippen LogP contribution in [0.5, 0.6) is 0 Å². The molecule has 6 heteroatoms. The summed E-state index contributed by atoms with van der Waals surface area (Å²) in [6, 6.07) is 0.213. The van der Waals surface area contributed by atoms with E-state index in [4.69, 9.17) is 0 Å². The van der Waals surface area contributed by atoms with Crippen LogP contribution in [0.1, 0.15) is 45.0 Å². The molecule has 6 nitrogen and oxygen atoms in total. The lowest BCUT2D eigenvalue weighted by atomic mass is 10.1. The smallest absolute Gasteiger partial charge is 0.313 e. The summed E-state index contributed by atoms with van der Waals surface area (Å²) in [7, 11) is 0. The molecule has 1 aromatic rings. The zero-order valence-corrected chi connectivity index (χ0v) is 12.3. The van der Waals surface area contributed by atoms with Crippen molar-refractivity contribution in [2.45, 2.75) is 59.5 Å². The average molecular weight is 268 g/mol. The molecule has 0 spiro atoms. The van der Waals surface area contributed by atoms with E-state index in [0.29, 0.717) is 12.1 Å². The standard InChI is InChI=1S/C13H24N4O2/c1-5-7-14-10(3)9-12-13(17(18)19)11(4)15-16(12)8-6-2/h10,14H,5-9H2,1-4H3. The van der Waals surface area contributed by atoms with Crippen molar-refractivity contribution in [3.8, 4) is 0 Å². The highest BCUT2D eigenvalue weighted by atomic mass is 16.6. The van der Waals surface area contributed by atoms with Gasteiger partial charge in [0.15, 0.2) is 0 Å². The van der Waals surface area contributed by atoms with Gasteiger partial charge in [0.05, 0.1) is 4.92 Å². The lowest BCUT2D eigenvalue weighted by Crippen LogP contribution is -2.29. The highest BCUT2D eigenvalue weighted by molar-refractivity contribution is 5.41. The van der Waals surface area contributed by atoms with Crippen LogP contribution in [0.4, 0.5) is 5.69 Å². The lowest BCUT2D eigenvalue weighted by molar-refractivity contribution is -0.386. The molecule has 0 amide bonds. The van der Waals surface area contributed by atoms with Gasteiger partial charge in [-0.25, -0.2) is 0 Å². The van der Waals surface area contributed by atoms with Gasteiger partial charge in [-0.15, -0.1) is 0 Å².